The lowest BCUT2D eigenvalue weighted by Gasteiger charge is -2.39. The van der Waals surface area contributed by atoms with Crippen molar-refractivity contribution in [2.24, 2.45) is 7.05 Å². The van der Waals surface area contributed by atoms with E-state index in [9.17, 15) is 9.90 Å². The number of aliphatic hydroxyl groups is 1. The molecule has 0 aliphatic carbocycles. The first-order valence-electron chi connectivity index (χ1n) is 8.95. The summed E-state index contributed by atoms with van der Waals surface area (Å²) in [4.78, 5) is 22.6. The largest absolute Gasteiger partial charge is 0.386 e. The van der Waals surface area contributed by atoms with Crippen molar-refractivity contribution >= 4 is 11.9 Å². The highest BCUT2D eigenvalue weighted by molar-refractivity contribution is 5.76. The maximum Gasteiger partial charge on any atom is 0.225 e. The van der Waals surface area contributed by atoms with Gasteiger partial charge in [-0.2, -0.15) is 5.10 Å². The molecule has 8 nitrogen and oxygen atoms in total. The summed E-state index contributed by atoms with van der Waals surface area (Å²) in [6.45, 7) is 3.40. The van der Waals surface area contributed by atoms with Crippen LogP contribution >= 0.6 is 0 Å². The molecule has 0 aromatic carbocycles. The highest BCUT2D eigenvalue weighted by Crippen LogP contribution is 2.23. The number of hydrogen-bond acceptors (Lipinski definition) is 6. The van der Waals surface area contributed by atoms with Crippen LogP contribution in [0.1, 0.15) is 30.5 Å². The van der Waals surface area contributed by atoms with Crippen LogP contribution in [0.2, 0.25) is 0 Å². The van der Waals surface area contributed by atoms with Gasteiger partial charge in [0.25, 0.3) is 0 Å². The first kappa shape index (κ1) is 18.3. The predicted octanol–water partition coefficient (Wildman–Crippen LogP) is 0.599. The van der Waals surface area contributed by atoms with E-state index in [2.05, 4.69) is 20.4 Å². The van der Waals surface area contributed by atoms with Gasteiger partial charge in [-0.15, -0.1) is 0 Å². The molecule has 3 heterocycles. The standard InChI is InChI=1S/C18H26N6O2/c1-14-15(11-23(2)22-14)5-6-16(25)21-12-18(26)7-3-10-24(13-18)17-19-8-4-9-20-17/h4,8-9,11,26H,3,5-7,10,12-13H2,1-2H3,(H,21,25)/t18-/m1/s1. The van der Waals surface area contributed by atoms with Crippen molar-refractivity contribution in [1.82, 2.24) is 25.1 Å². The quantitative estimate of drug-likeness (QED) is 0.785. The summed E-state index contributed by atoms with van der Waals surface area (Å²) in [5.41, 5.74) is 1.06. The van der Waals surface area contributed by atoms with Gasteiger partial charge in [0.05, 0.1) is 17.8 Å². The Labute approximate surface area is 153 Å². The molecule has 3 rings (SSSR count). The van der Waals surface area contributed by atoms with Crippen LogP contribution in [0, 0.1) is 6.92 Å². The number of nitrogens with one attached hydrogen (secondary N) is 1. The average molecular weight is 358 g/mol. The van der Waals surface area contributed by atoms with Gasteiger partial charge in [-0.25, -0.2) is 9.97 Å². The Hall–Kier alpha value is -2.48. The summed E-state index contributed by atoms with van der Waals surface area (Å²) in [6, 6.07) is 1.77. The first-order chi connectivity index (χ1) is 12.5. The van der Waals surface area contributed by atoms with Crippen LogP contribution in [0.5, 0.6) is 0 Å². The second-order valence-electron chi connectivity index (χ2n) is 6.99. The molecule has 1 fully saturated rings. The molecule has 0 spiro atoms. The number of β-amino-alcohol motifs (C(OH)–C–C–N with tert-alkyl or cyclic N) is 1. The molecule has 1 saturated heterocycles. The summed E-state index contributed by atoms with van der Waals surface area (Å²) in [6.07, 6.45) is 7.84. The number of aromatic nitrogens is 4. The zero-order chi connectivity index (χ0) is 18.6. The fraction of sp³-hybridized carbons (Fsp3) is 0.556. The number of anilines is 1. The smallest absolute Gasteiger partial charge is 0.225 e. The molecule has 0 bridgehead atoms. The number of piperidine rings is 1. The van der Waals surface area contributed by atoms with Gasteiger partial charge in [-0.1, -0.05) is 0 Å². The Morgan fingerprint density at radius 3 is 2.85 bits per heavy atom. The molecule has 2 aromatic rings. The second kappa shape index (κ2) is 7.82. The number of amides is 1. The summed E-state index contributed by atoms with van der Waals surface area (Å²) in [5.74, 6) is 0.554. The Bertz CT molecular complexity index is 747. The molecule has 2 aromatic heterocycles. The van der Waals surface area contributed by atoms with E-state index in [0.29, 0.717) is 31.8 Å². The Balaban J connectivity index is 1.49. The van der Waals surface area contributed by atoms with Crippen LogP contribution < -0.4 is 10.2 Å². The topological polar surface area (TPSA) is 96.2 Å². The average Bonchev–Trinajstić information content (AvgIpc) is 2.96. The third kappa shape index (κ3) is 4.57. The van der Waals surface area contributed by atoms with Crippen molar-refractivity contribution in [3.8, 4) is 0 Å². The number of nitrogens with zero attached hydrogens (tertiary/aromatic N) is 5. The zero-order valence-corrected chi connectivity index (χ0v) is 15.4. The van der Waals surface area contributed by atoms with E-state index in [1.54, 1.807) is 23.1 Å². The number of carbonyl (C=O) groups excluding carboxylic acids is 1. The minimum absolute atomic E-state index is 0.0604. The molecular weight excluding hydrogens is 332 g/mol. The zero-order valence-electron chi connectivity index (χ0n) is 15.4. The van der Waals surface area contributed by atoms with Crippen LogP contribution in [0.15, 0.2) is 24.7 Å². The Morgan fingerprint density at radius 1 is 1.38 bits per heavy atom. The molecular formula is C18H26N6O2. The van der Waals surface area contributed by atoms with Crippen molar-refractivity contribution in [3.63, 3.8) is 0 Å². The van der Waals surface area contributed by atoms with Gasteiger partial charge < -0.3 is 15.3 Å². The van der Waals surface area contributed by atoms with Crippen molar-refractivity contribution in [1.29, 1.82) is 0 Å². The van der Waals surface area contributed by atoms with Crippen molar-refractivity contribution in [2.45, 2.75) is 38.2 Å². The summed E-state index contributed by atoms with van der Waals surface area (Å²) >= 11 is 0. The van der Waals surface area contributed by atoms with Gasteiger partial charge in [0, 0.05) is 45.1 Å². The lowest BCUT2D eigenvalue weighted by molar-refractivity contribution is -0.122. The highest BCUT2D eigenvalue weighted by atomic mass is 16.3. The van der Waals surface area contributed by atoms with E-state index in [1.807, 2.05) is 25.1 Å². The summed E-state index contributed by atoms with van der Waals surface area (Å²) in [7, 11) is 1.87. The van der Waals surface area contributed by atoms with Crippen molar-refractivity contribution in [3.05, 3.63) is 35.9 Å². The van der Waals surface area contributed by atoms with Crippen LogP contribution in [0.25, 0.3) is 0 Å². The van der Waals surface area contributed by atoms with Crippen LogP contribution in [-0.4, -0.2) is 56.0 Å². The molecule has 26 heavy (non-hydrogen) atoms. The normalized spacial score (nSPS) is 20.2. The van der Waals surface area contributed by atoms with Gasteiger partial charge in [0.2, 0.25) is 11.9 Å². The molecule has 1 aliphatic heterocycles. The third-order valence-corrected chi connectivity index (χ3v) is 4.74. The number of carbonyl (C=O) groups is 1. The summed E-state index contributed by atoms with van der Waals surface area (Å²) in [5, 5.41) is 18.0. The van der Waals surface area contributed by atoms with E-state index < -0.39 is 5.60 Å². The van der Waals surface area contributed by atoms with E-state index in [4.69, 9.17) is 0 Å². The van der Waals surface area contributed by atoms with E-state index >= 15 is 0 Å². The number of aryl methyl sites for hydroxylation is 3. The molecule has 0 radical (unpaired) electrons. The number of rotatable bonds is 6. The SMILES string of the molecule is Cc1nn(C)cc1CCC(=O)NC[C@]1(O)CCCN(c2ncccn2)C1. The van der Waals surface area contributed by atoms with E-state index in [0.717, 1.165) is 24.2 Å². The van der Waals surface area contributed by atoms with E-state index in [-0.39, 0.29) is 12.5 Å². The fourth-order valence-corrected chi connectivity index (χ4v) is 3.38. The second-order valence-corrected chi connectivity index (χ2v) is 6.99. The van der Waals surface area contributed by atoms with Crippen LogP contribution in [0.3, 0.4) is 0 Å². The van der Waals surface area contributed by atoms with Crippen LogP contribution in [0.4, 0.5) is 5.95 Å². The molecule has 140 valence electrons. The Morgan fingerprint density at radius 2 is 2.15 bits per heavy atom. The van der Waals surface area contributed by atoms with Gasteiger partial charge >= 0.3 is 0 Å². The molecule has 0 unspecified atom stereocenters. The van der Waals surface area contributed by atoms with Crippen molar-refractivity contribution < 1.29 is 9.90 Å². The highest BCUT2D eigenvalue weighted by Gasteiger charge is 2.34. The molecule has 8 heteroatoms. The monoisotopic (exact) mass is 358 g/mol. The minimum atomic E-state index is -0.961. The lowest BCUT2D eigenvalue weighted by atomic mass is 9.93. The molecule has 1 atom stereocenters. The first-order valence-corrected chi connectivity index (χ1v) is 8.95. The molecule has 2 N–H and O–H groups in total. The maximum absolute atomic E-state index is 12.2. The minimum Gasteiger partial charge on any atom is -0.386 e. The Kier molecular flexibility index (Phi) is 5.51. The van der Waals surface area contributed by atoms with Crippen molar-refractivity contribution in [2.75, 3.05) is 24.5 Å². The fourth-order valence-electron chi connectivity index (χ4n) is 3.38. The summed E-state index contributed by atoms with van der Waals surface area (Å²) < 4.78 is 1.76. The lowest BCUT2D eigenvalue weighted by Crippen LogP contribution is -2.54. The maximum atomic E-state index is 12.2. The van der Waals surface area contributed by atoms with E-state index in [1.165, 1.54) is 0 Å². The predicted molar refractivity (Wildman–Crippen MR) is 97.7 cm³/mol. The van der Waals surface area contributed by atoms with Gasteiger partial charge in [-0.3, -0.25) is 9.48 Å². The van der Waals surface area contributed by atoms with Gasteiger partial charge in [0.15, 0.2) is 0 Å². The molecule has 1 aliphatic rings. The molecule has 1 amide bonds. The number of hydrogen-bond donors (Lipinski definition) is 2. The molecule has 0 saturated carbocycles. The van der Waals surface area contributed by atoms with Crippen LogP contribution in [-0.2, 0) is 18.3 Å². The van der Waals surface area contributed by atoms with Gasteiger partial charge in [-0.05, 0) is 37.8 Å². The van der Waals surface area contributed by atoms with Gasteiger partial charge in [0.1, 0.15) is 0 Å². The third-order valence-electron chi connectivity index (χ3n) is 4.74.